The highest BCUT2D eigenvalue weighted by molar-refractivity contribution is 5.76. The van der Waals surface area contributed by atoms with E-state index in [0.29, 0.717) is 18.4 Å². The molecule has 0 aromatic carbocycles. The summed E-state index contributed by atoms with van der Waals surface area (Å²) in [5.74, 6) is 1.76. The van der Waals surface area contributed by atoms with Crippen molar-refractivity contribution in [1.82, 2.24) is 19.7 Å². The van der Waals surface area contributed by atoms with Crippen molar-refractivity contribution in [3.8, 4) is 0 Å². The number of nitrogens with one attached hydrogen (secondary N) is 1. The molecule has 0 bridgehead atoms. The Labute approximate surface area is 115 Å². The highest BCUT2D eigenvalue weighted by Gasteiger charge is 2.14. The lowest BCUT2D eigenvalue weighted by atomic mass is 10.2. The minimum absolute atomic E-state index is 0.231. The van der Waals surface area contributed by atoms with Gasteiger partial charge in [0.05, 0.1) is 12.4 Å². The molecule has 0 amide bonds. The predicted octanol–water partition coefficient (Wildman–Crippen LogP) is 1.47. The van der Waals surface area contributed by atoms with Gasteiger partial charge in [0.2, 0.25) is 0 Å². The molecule has 1 aromatic heterocycles. The van der Waals surface area contributed by atoms with Gasteiger partial charge in [-0.2, -0.15) is 5.10 Å². The van der Waals surface area contributed by atoms with Crippen molar-refractivity contribution in [3.63, 3.8) is 0 Å². The molecule has 1 heterocycles. The Balaban J connectivity index is 2.68. The van der Waals surface area contributed by atoms with E-state index in [1.165, 1.54) is 0 Å². The van der Waals surface area contributed by atoms with Gasteiger partial charge in [-0.05, 0) is 19.8 Å². The lowest BCUT2D eigenvalue weighted by Gasteiger charge is -2.26. The van der Waals surface area contributed by atoms with E-state index in [4.69, 9.17) is 11.1 Å². The Morgan fingerprint density at radius 1 is 1.42 bits per heavy atom. The molecular weight excluding hydrogens is 240 g/mol. The number of nitrogens with two attached hydrogens (primary N) is 1. The molecule has 0 radical (unpaired) electrons. The second-order valence-electron chi connectivity index (χ2n) is 5.59. The van der Waals surface area contributed by atoms with Crippen molar-refractivity contribution in [3.05, 3.63) is 12.2 Å². The summed E-state index contributed by atoms with van der Waals surface area (Å²) in [5, 5.41) is 11.6. The Hall–Kier alpha value is -1.43. The first-order valence-electron chi connectivity index (χ1n) is 6.83. The van der Waals surface area contributed by atoms with E-state index >= 15 is 0 Å². The third kappa shape index (κ3) is 5.38. The fourth-order valence-corrected chi connectivity index (χ4v) is 1.87. The monoisotopic (exact) mass is 266 g/mol. The van der Waals surface area contributed by atoms with Crippen molar-refractivity contribution in [1.29, 1.82) is 5.41 Å². The Bertz CT molecular complexity index is 396. The van der Waals surface area contributed by atoms with E-state index in [2.05, 4.69) is 42.7 Å². The van der Waals surface area contributed by atoms with Crippen LogP contribution in [0.5, 0.6) is 0 Å². The fraction of sp³-hybridized carbons (Fsp3) is 0.769. The van der Waals surface area contributed by atoms with Crippen LogP contribution in [0.4, 0.5) is 0 Å². The van der Waals surface area contributed by atoms with Gasteiger partial charge in [-0.25, -0.2) is 9.67 Å². The molecule has 0 unspecified atom stereocenters. The lowest BCUT2D eigenvalue weighted by molar-refractivity contribution is 0.208. The molecular formula is C13H26N6. The first kappa shape index (κ1) is 15.6. The van der Waals surface area contributed by atoms with Crippen molar-refractivity contribution in [2.75, 3.05) is 6.54 Å². The SMILES string of the molecule is CC(C)Cn1ncnc1CN(CCC(=N)N)C(C)C. The molecule has 0 aliphatic rings. The standard InChI is InChI=1S/C13H26N6/c1-10(2)7-19-13(16-9-17-19)8-18(11(3)4)6-5-12(14)15/h9-11H,5-8H2,1-4H3,(H3,14,15). The van der Waals surface area contributed by atoms with Crippen LogP contribution in [0.25, 0.3) is 0 Å². The maximum absolute atomic E-state index is 7.33. The van der Waals surface area contributed by atoms with Crippen LogP contribution in [0.3, 0.4) is 0 Å². The van der Waals surface area contributed by atoms with Crippen LogP contribution in [-0.2, 0) is 13.1 Å². The van der Waals surface area contributed by atoms with Gasteiger partial charge in [-0.3, -0.25) is 10.3 Å². The summed E-state index contributed by atoms with van der Waals surface area (Å²) in [6.07, 6.45) is 2.21. The predicted molar refractivity (Wildman–Crippen MR) is 76.9 cm³/mol. The summed E-state index contributed by atoms with van der Waals surface area (Å²) in [7, 11) is 0. The lowest BCUT2D eigenvalue weighted by Crippen LogP contribution is -2.34. The summed E-state index contributed by atoms with van der Waals surface area (Å²) >= 11 is 0. The van der Waals surface area contributed by atoms with Gasteiger partial charge < -0.3 is 5.73 Å². The van der Waals surface area contributed by atoms with Crippen LogP contribution < -0.4 is 5.73 Å². The summed E-state index contributed by atoms with van der Waals surface area (Å²) < 4.78 is 1.97. The van der Waals surface area contributed by atoms with E-state index in [1.54, 1.807) is 6.33 Å². The number of hydrogen-bond acceptors (Lipinski definition) is 4. The van der Waals surface area contributed by atoms with Gasteiger partial charge in [-0.15, -0.1) is 0 Å². The molecule has 1 rings (SSSR count). The minimum Gasteiger partial charge on any atom is -0.388 e. The van der Waals surface area contributed by atoms with Crippen molar-refractivity contribution < 1.29 is 0 Å². The molecule has 0 spiro atoms. The molecule has 6 heteroatoms. The zero-order valence-electron chi connectivity index (χ0n) is 12.4. The van der Waals surface area contributed by atoms with E-state index in [0.717, 1.165) is 25.5 Å². The number of rotatable bonds is 8. The number of amidine groups is 1. The minimum atomic E-state index is 0.231. The summed E-state index contributed by atoms with van der Waals surface area (Å²) in [4.78, 5) is 6.61. The highest BCUT2D eigenvalue weighted by atomic mass is 15.3. The zero-order chi connectivity index (χ0) is 14.4. The molecule has 0 saturated carbocycles. The first-order chi connectivity index (χ1) is 8.90. The zero-order valence-corrected chi connectivity index (χ0v) is 12.4. The normalized spacial score (nSPS) is 11.7. The summed E-state index contributed by atoms with van der Waals surface area (Å²) in [6.45, 7) is 11.0. The largest absolute Gasteiger partial charge is 0.388 e. The second kappa shape index (κ2) is 7.23. The molecule has 0 saturated heterocycles. The molecule has 108 valence electrons. The van der Waals surface area contributed by atoms with E-state index in [9.17, 15) is 0 Å². The van der Waals surface area contributed by atoms with Crippen molar-refractivity contribution in [2.24, 2.45) is 11.7 Å². The molecule has 6 nitrogen and oxygen atoms in total. The molecule has 0 aliphatic heterocycles. The number of nitrogens with zero attached hydrogens (tertiary/aromatic N) is 4. The first-order valence-corrected chi connectivity index (χ1v) is 6.83. The smallest absolute Gasteiger partial charge is 0.141 e. The highest BCUT2D eigenvalue weighted by Crippen LogP contribution is 2.08. The van der Waals surface area contributed by atoms with Gasteiger partial charge in [0.25, 0.3) is 0 Å². The van der Waals surface area contributed by atoms with Gasteiger partial charge in [-0.1, -0.05) is 13.8 Å². The summed E-state index contributed by atoms with van der Waals surface area (Å²) in [6, 6.07) is 0.392. The van der Waals surface area contributed by atoms with E-state index in [-0.39, 0.29) is 5.84 Å². The maximum atomic E-state index is 7.33. The third-order valence-corrected chi connectivity index (χ3v) is 2.98. The van der Waals surface area contributed by atoms with Crippen LogP contribution in [0.1, 0.15) is 39.9 Å². The van der Waals surface area contributed by atoms with Gasteiger partial charge in [0, 0.05) is 25.6 Å². The average Bonchev–Trinajstić information content (AvgIpc) is 2.70. The molecule has 19 heavy (non-hydrogen) atoms. The van der Waals surface area contributed by atoms with E-state index < -0.39 is 0 Å². The number of hydrogen-bond donors (Lipinski definition) is 2. The van der Waals surface area contributed by atoms with Crippen LogP contribution in [-0.4, -0.2) is 38.1 Å². The van der Waals surface area contributed by atoms with Crippen molar-refractivity contribution in [2.45, 2.75) is 53.2 Å². The average molecular weight is 266 g/mol. The second-order valence-corrected chi connectivity index (χ2v) is 5.59. The third-order valence-electron chi connectivity index (χ3n) is 2.98. The maximum Gasteiger partial charge on any atom is 0.141 e. The molecule has 0 atom stereocenters. The van der Waals surface area contributed by atoms with Crippen LogP contribution in [0.15, 0.2) is 6.33 Å². The quantitative estimate of drug-likeness (QED) is 0.551. The number of aromatic nitrogens is 3. The van der Waals surface area contributed by atoms with Gasteiger partial charge in [0.1, 0.15) is 12.2 Å². The van der Waals surface area contributed by atoms with E-state index in [1.807, 2.05) is 4.68 Å². The molecule has 3 N–H and O–H groups in total. The Morgan fingerprint density at radius 2 is 2.11 bits per heavy atom. The Kier molecular flexibility index (Phi) is 5.95. The van der Waals surface area contributed by atoms with Crippen LogP contribution in [0.2, 0.25) is 0 Å². The van der Waals surface area contributed by atoms with Gasteiger partial charge in [0.15, 0.2) is 0 Å². The fourth-order valence-electron chi connectivity index (χ4n) is 1.87. The Morgan fingerprint density at radius 3 is 2.63 bits per heavy atom. The van der Waals surface area contributed by atoms with Crippen LogP contribution >= 0.6 is 0 Å². The van der Waals surface area contributed by atoms with Crippen molar-refractivity contribution >= 4 is 5.84 Å². The molecule has 1 aromatic rings. The molecule has 0 aliphatic carbocycles. The van der Waals surface area contributed by atoms with Gasteiger partial charge >= 0.3 is 0 Å². The summed E-state index contributed by atoms with van der Waals surface area (Å²) in [5.41, 5.74) is 5.43. The molecule has 0 fully saturated rings. The van der Waals surface area contributed by atoms with Crippen LogP contribution in [0, 0.1) is 11.3 Å². The topological polar surface area (TPSA) is 83.8 Å².